The standard InChI is InChI=1S/C17H19N3O/c1-20-14(9-10-19-20)12-18-11-13-7-8-17(21-2)16-6-4-3-5-15(13)16/h3-10,18H,11-12H2,1-2H3. The lowest BCUT2D eigenvalue weighted by Gasteiger charge is -2.11. The summed E-state index contributed by atoms with van der Waals surface area (Å²) in [6, 6.07) is 14.5. The van der Waals surface area contributed by atoms with E-state index in [1.54, 1.807) is 7.11 Å². The molecule has 108 valence electrons. The monoisotopic (exact) mass is 281 g/mol. The van der Waals surface area contributed by atoms with Gasteiger partial charge in [0.05, 0.1) is 12.8 Å². The number of aryl methyl sites for hydroxylation is 1. The summed E-state index contributed by atoms with van der Waals surface area (Å²) >= 11 is 0. The number of methoxy groups -OCH3 is 1. The maximum absolute atomic E-state index is 5.43. The van der Waals surface area contributed by atoms with E-state index < -0.39 is 0 Å². The summed E-state index contributed by atoms with van der Waals surface area (Å²) in [6.07, 6.45) is 1.82. The topological polar surface area (TPSA) is 39.1 Å². The Morgan fingerprint density at radius 2 is 1.86 bits per heavy atom. The molecule has 0 radical (unpaired) electrons. The van der Waals surface area contributed by atoms with Gasteiger partial charge >= 0.3 is 0 Å². The Morgan fingerprint density at radius 3 is 2.57 bits per heavy atom. The second-order valence-corrected chi connectivity index (χ2v) is 5.02. The van der Waals surface area contributed by atoms with E-state index in [1.165, 1.54) is 16.6 Å². The molecule has 0 bridgehead atoms. The minimum atomic E-state index is 0.802. The smallest absolute Gasteiger partial charge is 0.126 e. The Bertz CT molecular complexity index is 749. The first-order valence-electron chi connectivity index (χ1n) is 7.02. The van der Waals surface area contributed by atoms with E-state index in [-0.39, 0.29) is 0 Å². The zero-order chi connectivity index (χ0) is 14.7. The van der Waals surface area contributed by atoms with Crippen LogP contribution in [-0.4, -0.2) is 16.9 Å². The van der Waals surface area contributed by atoms with E-state index in [2.05, 4.69) is 34.7 Å². The summed E-state index contributed by atoms with van der Waals surface area (Å²) in [5.41, 5.74) is 2.45. The third kappa shape index (κ3) is 2.76. The Kier molecular flexibility index (Phi) is 3.88. The highest BCUT2D eigenvalue weighted by atomic mass is 16.5. The van der Waals surface area contributed by atoms with Crippen LogP contribution in [0.3, 0.4) is 0 Å². The van der Waals surface area contributed by atoms with Crippen molar-refractivity contribution in [3.8, 4) is 5.75 Å². The minimum absolute atomic E-state index is 0.802. The van der Waals surface area contributed by atoms with E-state index in [0.717, 1.165) is 24.2 Å². The molecule has 1 aromatic heterocycles. The van der Waals surface area contributed by atoms with Crippen LogP contribution in [0.4, 0.5) is 0 Å². The number of ether oxygens (including phenoxy) is 1. The van der Waals surface area contributed by atoms with E-state index in [9.17, 15) is 0 Å². The molecule has 21 heavy (non-hydrogen) atoms. The number of rotatable bonds is 5. The Morgan fingerprint density at radius 1 is 1.05 bits per heavy atom. The Hall–Kier alpha value is -2.33. The molecule has 1 N–H and O–H groups in total. The van der Waals surface area contributed by atoms with Crippen molar-refractivity contribution in [3.05, 3.63) is 59.9 Å². The predicted molar refractivity (Wildman–Crippen MR) is 84.3 cm³/mol. The first-order chi connectivity index (χ1) is 10.3. The highest BCUT2D eigenvalue weighted by molar-refractivity contribution is 5.91. The maximum atomic E-state index is 5.43. The molecular formula is C17H19N3O. The number of hydrogen-bond donors (Lipinski definition) is 1. The fourth-order valence-electron chi connectivity index (χ4n) is 2.57. The molecule has 3 rings (SSSR count). The zero-order valence-corrected chi connectivity index (χ0v) is 12.3. The van der Waals surface area contributed by atoms with Crippen molar-refractivity contribution in [2.75, 3.05) is 7.11 Å². The average Bonchev–Trinajstić information content (AvgIpc) is 2.93. The molecule has 0 atom stereocenters. The van der Waals surface area contributed by atoms with Gasteiger partial charge in [-0.15, -0.1) is 0 Å². The number of nitrogens with zero attached hydrogens (tertiary/aromatic N) is 2. The van der Waals surface area contributed by atoms with Crippen molar-refractivity contribution in [1.29, 1.82) is 0 Å². The summed E-state index contributed by atoms with van der Waals surface area (Å²) in [7, 11) is 3.67. The van der Waals surface area contributed by atoms with Gasteiger partial charge in [0, 0.05) is 31.7 Å². The number of aromatic nitrogens is 2. The summed E-state index contributed by atoms with van der Waals surface area (Å²) in [5, 5.41) is 10.0. The van der Waals surface area contributed by atoms with Gasteiger partial charge < -0.3 is 10.1 Å². The summed E-state index contributed by atoms with van der Waals surface area (Å²) in [6.45, 7) is 1.62. The van der Waals surface area contributed by atoms with Crippen molar-refractivity contribution in [3.63, 3.8) is 0 Å². The lowest BCUT2D eigenvalue weighted by molar-refractivity contribution is 0.419. The Balaban J connectivity index is 1.80. The van der Waals surface area contributed by atoms with Crippen molar-refractivity contribution < 1.29 is 4.74 Å². The van der Waals surface area contributed by atoms with Crippen LogP contribution < -0.4 is 10.1 Å². The van der Waals surface area contributed by atoms with E-state index >= 15 is 0 Å². The predicted octanol–water partition coefficient (Wildman–Crippen LogP) is 2.87. The molecule has 0 aliphatic heterocycles. The van der Waals surface area contributed by atoms with Gasteiger partial charge in [0.1, 0.15) is 5.75 Å². The van der Waals surface area contributed by atoms with Crippen molar-refractivity contribution in [2.45, 2.75) is 13.1 Å². The molecule has 0 spiro atoms. The van der Waals surface area contributed by atoms with Crippen LogP contribution in [-0.2, 0) is 20.1 Å². The van der Waals surface area contributed by atoms with E-state index in [0.29, 0.717) is 0 Å². The lowest BCUT2D eigenvalue weighted by atomic mass is 10.0. The molecule has 0 aliphatic rings. The first kappa shape index (κ1) is 13.6. The molecule has 0 saturated heterocycles. The molecule has 4 nitrogen and oxygen atoms in total. The van der Waals surface area contributed by atoms with Gasteiger partial charge in [-0.25, -0.2) is 0 Å². The molecule has 0 unspecified atom stereocenters. The zero-order valence-electron chi connectivity index (χ0n) is 12.3. The maximum Gasteiger partial charge on any atom is 0.126 e. The van der Waals surface area contributed by atoms with Gasteiger partial charge in [-0.05, 0) is 23.1 Å². The van der Waals surface area contributed by atoms with Crippen molar-refractivity contribution >= 4 is 10.8 Å². The number of nitrogens with one attached hydrogen (secondary N) is 1. The number of hydrogen-bond acceptors (Lipinski definition) is 3. The van der Waals surface area contributed by atoms with Crippen LogP contribution in [0.2, 0.25) is 0 Å². The van der Waals surface area contributed by atoms with Gasteiger partial charge in [-0.2, -0.15) is 5.10 Å². The van der Waals surface area contributed by atoms with E-state index in [4.69, 9.17) is 4.74 Å². The summed E-state index contributed by atoms with van der Waals surface area (Å²) in [5.74, 6) is 0.918. The molecule has 0 aliphatic carbocycles. The molecular weight excluding hydrogens is 262 g/mol. The van der Waals surface area contributed by atoms with Crippen LogP contribution in [0.1, 0.15) is 11.3 Å². The van der Waals surface area contributed by atoms with Gasteiger partial charge in [-0.1, -0.05) is 30.3 Å². The second-order valence-electron chi connectivity index (χ2n) is 5.02. The number of benzene rings is 2. The van der Waals surface area contributed by atoms with E-state index in [1.807, 2.05) is 36.1 Å². The van der Waals surface area contributed by atoms with Gasteiger partial charge in [-0.3, -0.25) is 4.68 Å². The van der Waals surface area contributed by atoms with Crippen LogP contribution in [0.25, 0.3) is 10.8 Å². The molecule has 2 aromatic carbocycles. The third-order valence-electron chi connectivity index (χ3n) is 3.74. The number of fused-ring (bicyclic) bond motifs is 1. The van der Waals surface area contributed by atoms with Gasteiger partial charge in [0.2, 0.25) is 0 Å². The molecule has 1 heterocycles. The normalized spacial score (nSPS) is 11.0. The first-order valence-corrected chi connectivity index (χ1v) is 7.02. The summed E-state index contributed by atoms with van der Waals surface area (Å²) in [4.78, 5) is 0. The SMILES string of the molecule is COc1ccc(CNCc2ccnn2C)c2ccccc12. The average molecular weight is 281 g/mol. The minimum Gasteiger partial charge on any atom is -0.496 e. The molecule has 0 amide bonds. The quantitative estimate of drug-likeness (QED) is 0.781. The van der Waals surface area contributed by atoms with Crippen LogP contribution >= 0.6 is 0 Å². The largest absolute Gasteiger partial charge is 0.496 e. The third-order valence-corrected chi connectivity index (χ3v) is 3.74. The van der Waals surface area contributed by atoms with Crippen molar-refractivity contribution in [2.24, 2.45) is 7.05 Å². The highest BCUT2D eigenvalue weighted by Gasteiger charge is 2.06. The van der Waals surface area contributed by atoms with Gasteiger partial charge in [0.15, 0.2) is 0 Å². The second kappa shape index (κ2) is 5.97. The Labute approximate surface area is 124 Å². The highest BCUT2D eigenvalue weighted by Crippen LogP contribution is 2.28. The van der Waals surface area contributed by atoms with Crippen LogP contribution in [0, 0.1) is 0 Å². The molecule has 3 aromatic rings. The fraction of sp³-hybridized carbons (Fsp3) is 0.235. The molecule has 0 saturated carbocycles. The summed E-state index contributed by atoms with van der Waals surface area (Å²) < 4.78 is 7.32. The van der Waals surface area contributed by atoms with Crippen LogP contribution in [0.15, 0.2) is 48.7 Å². The van der Waals surface area contributed by atoms with Gasteiger partial charge in [0.25, 0.3) is 0 Å². The molecule has 0 fully saturated rings. The van der Waals surface area contributed by atoms with Crippen LogP contribution in [0.5, 0.6) is 5.75 Å². The lowest BCUT2D eigenvalue weighted by Crippen LogP contribution is -2.15. The fourth-order valence-corrected chi connectivity index (χ4v) is 2.57. The molecule has 4 heteroatoms. The van der Waals surface area contributed by atoms with Crippen molar-refractivity contribution in [1.82, 2.24) is 15.1 Å².